The van der Waals surface area contributed by atoms with Gasteiger partial charge in [0, 0.05) is 0 Å². The number of nitrogens with one attached hydrogen (secondary N) is 1. The SMILES string of the molecule is C/C=C/C(=O)CNCCCC. The van der Waals surface area contributed by atoms with Gasteiger partial charge in [0.25, 0.3) is 0 Å². The van der Waals surface area contributed by atoms with Gasteiger partial charge in [0.2, 0.25) is 0 Å². The van der Waals surface area contributed by atoms with Crippen molar-refractivity contribution in [3.63, 3.8) is 0 Å². The van der Waals surface area contributed by atoms with Crippen LogP contribution in [-0.2, 0) is 4.79 Å². The van der Waals surface area contributed by atoms with Gasteiger partial charge in [-0.3, -0.25) is 4.79 Å². The molecule has 0 radical (unpaired) electrons. The Labute approximate surface area is 68.7 Å². The van der Waals surface area contributed by atoms with Crippen LogP contribution in [0.5, 0.6) is 0 Å². The van der Waals surface area contributed by atoms with Gasteiger partial charge in [-0.05, 0) is 26.0 Å². The number of hydrogen-bond acceptors (Lipinski definition) is 2. The van der Waals surface area contributed by atoms with E-state index < -0.39 is 0 Å². The number of unbranched alkanes of at least 4 members (excludes halogenated alkanes) is 1. The van der Waals surface area contributed by atoms with Crippen molar-refractivity contribution in [2.24, 2.45) is 0 Å². The fraction of sp³-hybridized carbons (Fsp3) is 0.667. The second-order valence-corrected chi connectivity index (χ2v) is 2.50. The van der Waals surface area contributed by atoms with Crippen LogP contribution in [-0.4, -0.2) is 18.9 Å². The van der Waals surface area contributed by atoms with E-state index in [-0.39, 0.29) is 5.78 Å². The molecule has 0 aromatic carbocycles. The molecule has 0 atom stereocenters. The Morgan fingerprint density at radius 2 is 2.27 bits per heavy atom. The Hall–Kier alpha value is -0.630. The summed E-state index contributed by atoms with van der Waals surface area (Å²) < 4.78 is 0. The van der Waals surface area contributed by atoms with Crippen molar-refractivity contribution in [1.82, 2.24) is 5.32 Å². The lowest BCUT2D eigenvalue weighted by atomic mass is 10.3. The van der Waals surface area contributed by atoms with Crippen LogP contribution in [0.15, 0.2) is 12.2 Å². The van der Waals surface area contributed by atoms with Gasteiger partial charge in [0.1, 0.15) is 0 Å². The Balaban J connectivity index is 3.17. The van der Waals surface area contributed by atoms with Crippen LogP contribution in [0.4, 0.5) is 0 Å². The zero-order valence-electron chi connectivity index (χ0n) is 7.39. The highest BCUT2D eigenvalue weighted by Gasteiger charge is 1.92. The topological polar surface area (TPSA) is 29.1 Å². The van der Waals surface area contributed by atoms with Crippen LogP contribution >= 0.6 is 0 Å². The van der Waals surface area contributed by atoms with E-state index in [1.807, 2.05) is 6.92 Å². The lowest BCUT2D eigenvalue weighted by Gasteiger charge is -1.98. The summed E-state index contributed by atoms with van der Waals surface area (Å²) in [6.07, 6.45) is 5.68. The Morgan fingerprint density at radius 1 is 1.55 bits per heavy atom. The molecule has 0 heterocycles. The molecule has 0 aliphatic rings. The molecule has 0 fully saturated rings. The van der Waals surface area contributed by atoms with Crippen molar-refractivity contribution in [3.8, 4) is 0 Å². The van der Waals surface area contributed by atoms with E-state index in [1.54, 1.807) is 12.2 Å². The van der Waals surface area contributed by atoms with Crippen LogP contribution in [0.25, 0.3) is 0 Å². The van der Waals surface area contributed by atoms with Crippen LogP contribution in [0.1, 0.15) is 26.7 Å². The summed E-state index contributed by atoms with van der Waals surface area (Å²) >= 11 is 0. The van der Waals surface area contributed by atoms with Gasteiger partial charge in [0.05, 0.1) is 6.54 Å². The number of carbonyl (C=O) groups is 1. The Kier molecular flexibility index (Phi) is 7.05. The molecule has 0 unspecified atom stereocenters. The largest absolute Gasteiger partial charge is 0.310 e. The molecule has 0 spiro atoms. The summed E-state index contributed by atoms with van der Waals surface area (Å²) in [6.45, 7) is 5.41. The van der Waals surface area contributed by atoms with E-state index in [0.717, 1.165) is 13.0 Å². The molecule has 11 heavy (non-hydrogen) atoms. The zero-order valence-corrected chi connectivity index (χ0v) is 7.39. The minimum Gasteiger partial charge on any atom is -0.310 e. The molecule has 0 bridgehead atoms. The highest BCUT2D eigenvalue weighted by Crippen LogP contribution is 1.82. The molecular weight excluding hydrogens is 138 g/mol. The lowest BCUT2D eigenvalue weighted by Crippen LogP contribution is -2.22. The quantitative estimate of drug-likeness (QED) is 0.465. The van der Waals surface area contributed by atoms with Gasteiger partial charge in [-0.1, -0.05) is 19.4 Å². The summed E-state index contributed by atoms with van der Waals surface area (Å²) in [7, 11) is 0. The molecule has 0 aromatic heterocycles. The lowest BCUT2D eigenvalue weighted by molar-refractivity contribution is -0.113. The van der Waals surface area contributed by atoms with Gasteiger partial charge >= 0.3 is 0 Å². The van der Waals surface area contributed by atoms with E-state index in [9.17, 15) is 4.79 Å². The number of ketones is 1. The molecule has 0 rings (SSSR count). The third-order valence-electron chi connectivity index (χ3n) is 1.36. The molecule has 2 nitrogen and oxygen atoms in total. The van der Waals surface area contributed by atoms with Crippen LogP contribution in [0, 0.1) is 0 Å². The molecule has 0 aliphatic heterocycles. The molecule has 2 heteroatoms. The second kappa shape index (κ2) is 7.48. The maximum absolute atomic E-state index is 10.9. The third-order valence-corrected chi connectivity index (χ3v) is 1.36. The maximum atomic E-state index is 10.9. The molecular formula is C9H17NO. The maximum Gasteiger partial charge on any atom is 0.169 e. The van der Waals surface area contributed by atoms with Gasteiger partial charge in [0.15, 0.2) is 5.78 Å². The normalized spacial score (nSPS) is 10.7. The van der Waals surface area contributed by atoms with Gasteiger partial charge < -0.3 is 5.32 Å². The predicted molar refractivity (Wildman–Crippen MR) is 47.6 cm³/mol. The monoisotopic (exact) mass is 155 g/mol. The summed E-state index contributed by atoms with van der Waals surface area (Å²) in [4.78, 5) is 10.9. The first kappa shape index (κ1) is 10.4. The molecule has 0 saturated carbocycles. The van der Waals surface area contributed by atoms with E-state index in [0.29, 0.717) is 6.54 Å². The van der Waals surface area contributed by atoms with E-state index in [2.05, 4.69) is 12.2 Å². The second-order valence-electron chi connectivity index (χ2n) is 2.50. The predicted octanol–water partition coefficient (Wildman–Crippen LogP) is 1.52. The van der Waals surface area contributed by atoms with Crippen molar-refractivity contribution >= 4 is 5.78 Å². The fourth-order valence-corrected chi connectivity index (χ4v) is 0.758. The third kappa shape index (κ3) is 7.26. The van der Waals surface area contributed by atoms with Crippen molar-refractivity contribution in [2.45, 2.75) is 26.7 Å². The molecule has 0 saturated heterocycles. The minimum absolute atomic E-state index is 0.156. The van der Waals surface area contributed by atoms with Crippen molar-refractivity contribution < 1.29 is 4.79 Å². The molecule has 0 amide bonds. The van der Waals surface area contributed by atoms with E-state index in [4.69, 9.17) is 0 Å². The molecule has 0 aromatic rings. The van der Waals surface area contributed by atoms with Crippen LogP contribution in [0.3, 0.4) is 0 Å². The summed E-state index contributed by atoms with van der Waals surface area (Å²) in [6, 6.07) is 0. The summed E-state index contributed by atoms with van der Waals surface area (Å²) in [5.41, 5.74) is 0. The minimum atomic E-state index is 0.156. The number of carbonyl (C=O) groups excluding carboxylic acids is 1. The average molecular weight is 155 g/mol. The molecule has 64 valence electrons. The van der Waals surface area contributed by atoms with Crippen molar-refractivity contribution in [3.05, 3.63) is 12.2 Å². The highest BCUT2D eigenvalue weighted by atomic mass is 16.1. The summed E-state index contributed by atoms with van der Waals surface area (Å²) in [5.74, 6) is 0.156. The molecule has 1 N–H and O–H groups in total. The zero-order chi connectivity index (χ0) is 8.53. The fourth-order valence-electron chi connectivity index (χ4n) is 0.758. The van der Waals surface area contributed by atoms with Gasteiger partial charge in [-0.2, -0.15) is 0 Å². The standard InChI is InChI=1S/C9H17NO/c1-3-5-7-10-8-9(11)6-4-2/h4,6,10H,3,5,7-8H2,1-2H3/b6-4+. The average Bonchev–Trinajstić information content (AvgIpc) is 1.99. The number of hydrogen-bond donors (Lipinski definition) is 1. The summed E-state index contributed by atoms with van der Waals surface area (Å²) in [5, 5.41) is 3.07. The van der Waals surface area contributed by atoms with Crippen molar-refractivity contribution in [2.75, 3.05) is 13.1 Å². The van der Waals surface area contributed by atoms with E-state index in [1.165, 1.54) is 6.42 Å². The van der Waals surface area contributed by atoms with Crippen molar-refractivity contribution in [1.29, 1.82) is 0 Å². The first-order valence-electron chi connectivity index (χ1n) is 4.17. The number of rotatable bonds is 6. The van der Waals surface area contributed by atoms with Crippen LogP contribution in [0.2, 0.25) is 0 Å². The highest BCUT2D eigenvalue weighted by molar-refractivity contribution is 5.91. The smallest absolute Gasteiger partial charge is 0.169 e. The number of allylic oxidation sites excluding steroid dienone is 1. The Bertz CT molecular complexity index is 130. The van der Waals surface area contributed by atoms with Crippen LogP contribution < -0.4 is 5.32 Å². The first-order chi connectivity index (χ1) is 5.31. The Morgan fingerprint density at radius 3 is 2.82 bits per heavy atom. The molecule has 0 aliphatic carbocycles. The first-order valence-corrected chi connectivity index (χ1v) is 4.17. The van der Waals surface area contributed by atoms with E-state index >= 15 is 0 Å². The van der Waals surface area contributed by atoms with Gasteiger partial charge in [-0.25, -0.2) is 0 Å². The van der Waals surface area contributed by atoms with Gasteiger partial charge in [-0.15, -0.1) is 0 Å².